The van der Waals surface area contributed by atoms with E-state index in [1.165, 1.54) is 212 Å². The van der Waals surface area contributed by atoms with E-state index in [1.54, 1.807) is 0 Å². The summed E-state index contributed by atoms with van der Waals surface area (Å²) in [5.41, 5.74) is 0. The fourth-order valence-corrected chi connectivity index (χ4v) is 8.84. The SMILES string of the molecule is CCCCCCCCCCCCCCCCCCCC(=O)OC[C@H](COC(=O)CCCCCCCCCCCCCCC(C)C)OC(=O)CCCCCCCCCCCCC(C)CC. The van der Waals surface area contributed by atoms with Gasteiger partial charge >= 0.3 is 17.9 Å². The Morgan fingerprint density at radius 3 is 0.891 bits per heavy atom. The molecule has 0 aliphatic heterocycles. The van der Waals surface area contributed by atoms with Crippen molar-refractivity contribution in [1.82, 2.24) is 0 Å². The van der Waals surface area contributed by atoms with Crippen LogP contribution in [0.25, 0.3) is 0 Å². The molecule has 6 nitrogen and oxygen atoms in total. The maximum Gasteiger partial charge on any atom is 0.306 e. The van der Waals surface area contributed by atoms with Gasteiger partial charge in [-0.3, -0.25) is 14.4 Å². The first-order chi connectivity index (χ1) is 31.3. The van der Waals surface area contributed by atoms with Gasteiger partial charge < -0.3 is 14.2 Å². The lowest BCUT2D eigenvalue weighted by Crippen LogP contribution is -2.30. The molecule has 0 spiro atoms. The molecule has 64 heavy (non-hydrogen) atoms. The molecule has 0 aliphatic carbocycles. The second kappa shape index (κ2) is 50.8. The zero-order chi connectivity index (χ0) is 46.8. The molecular formula is C58H112O6. The van der Waals surface area contributed by atoms with Gasteiger partial charge in [0.05, 0.1) is 0 Å². The number of ether oxygens (including phenoxy) is 3. The van der Waals surface area contributed by atoms with Crippen molar-refractivity contribution >= 4 is 17.9 Å². The van der Waals surface area contributed by atoms with E-state index in [0.717, 1.165) is 69.6 Å². The van der Waals surface area contributed by atoms with Gasteiger partial charge in [-0.05, 0) is 31.1 Å². The lowest BCUT2D eigenvalue weighted by molar-refractivity contribution is -0.167. The molecule has 0 N–H and O–H groups in total. The summed E-state index contributed by atoms with van der Waals surface area (Å²) in [5, 5.41) is 0. The Morgan fingerprint density at radius 1 is 0.328 bits per heavy atom. The molecule has 0 rings (SSSR count). The smallest absolute Gasteiger partial charge is 0.306 e. The average Bonchev–Trinajstić information content (AvgIpc) is 3.28. The summed E-state index contributed by atoms with van der Waals surface area (Å²) < 4.78 is 16.9. The van der Waals surface area contributed by atoms with E-state index in [-0.39, 0.29) is 31.1 Å². The van der Waals surface area contributed by atoms with Crippen LogP contribution in [0.1, 0.15) is 324 Å². The summed E-state index contributed by atoms with van der Waals surface area (Å²) >= 11 is 0. The Morgan fingerprint density at radius 2 is 0.594 bits per heavy atom. The fourth-order valence-electron chi connectivity index (χ4n) is 8.84. The van der Waals surface area contributed by atoms with Crippen LogP contribution in [0.4, 0.5) is 0 Å². The minimum Gasteiger partial charge on any atom is -0.462 e. The highest BCUT2D eigenvalue weighted by atomic mass is 16.6. The summed E-state index contributed by atoms with van der Waals surface area (Å²) in [7, 11) is 0. The predicted octanol–water partition coefficient (Wildman–Crippen LogP) is 18.9. The molecule has 0 aromatic heterocycles. The quantitative estimate of drug-likeness (QED) is 0.0344. The molecule has 0 aromatic rings. The van der Waals surface area contributed by atoms with Crippen LogP contribution in [0.5, 0.6) is 0 Å². The topological polar surface area (TPSA) is 78.9 Å². The van der Waals surface area contributed by atoms with Crippen LogP contribution in [-0.2, 0) is 28.6 Å². The Labute approximate surface area is 399 Å². The Balaban J connectivity index is 4.30. The van der Waals surface area contributed by atoms with Gasteiger partial charge in [-0.1, -0.05) is 285 Å². The number of esters is 3. The van der Waals surface area contributed by atoms with Crippen LogP contribution in [-0.4, -0.2) is 37.2 Å². The maximum absolute atomic E-state index is 12.8. The zero-order valence-corrected chi connectivity index (χ0v) is 43.9. The molecular weight excluding hydrogens is 793 g/mol. The highest BCUT2D eigenvalue weighted by Gasteiger charge is 2.19. The second-order valence-corrected chi connectivity index (χ2v) is 20.6. The lowest BCUT2D eigenvalue weighted by atomic mass is 9.99. The van der Waals surface area contributed by atoms with E-state index in [4.69, 9.17) is 14.2 Å². The minimum absolute atomic E-state index is 0.0629. The van der Waals surface area contributed by atoms with Gasteiger partial charge in [0, 0.05) is 19.3 Å². The zero-order valence-electron chi connectivity index (χ0n) is 43.9. The van der Waals surface area contributed by atoms with Crippen molar-refractivity contribution in [3.63, 3.8) is 0 Å². The Kier molecular flexibility index (Phi) is 49.6. The Bertz CT molecular complexity index is 980. The van der Waals surface area contributed by atoms with Crippen LogP contribution in [0, 0.1) is 11.8 Å². The van der Waals surface area contributed by atoms with Gasteiger partial charge in [0.15, 0.2) is 6.10 Å². The average molecular weight is 906 g/mol. The highest BCUT2D eigenvalue weighted by molar-refractivity contribution is 5.71. The molecule has 1 unspecified atom stereocenters. The van der Waals surface area contributed by atoms with Gasteiger partial charge in [-0.25, -0.2) is 0 Å². The van der Waals surface area contributed by atoms with E-state index >= 15 is 0 Å². The molecule has 380 valence electrons. The van der Waals surface area contributed by atoms with Crippen LogP contribution in [0.3, 0.4) is 0 Å². The first-order valence-electron chi connectivity index (χ1n) is 28.8. The van der Waals surface area contributed by atoms with Crippen molar-refractivity contribution in [3.8, 4) is 0 Å². The first kappa shape index (κ1) is 62.4. The van der Waals surface area contributed by atoms with Crippen LogP contribution < -0.4 is 0 Å². The number of unbranched alkanes of at least 4 members (excludes halogenated alkanes) is 36. The predicted molar refractivity (Wildman–Crippen MR) is 275 cm³/mol. The number of hydrogen-bond acceptors (Lipinski definition) is 6. The van der Waals surface area contributed by atoms with Gasteiger partial charge in [-0.2, -0.15) is 0 Å². The first-order valence-corrected chi connectivity index (χ1v) is 28.8. The van der Waals surface area contributed by atoms with Crippen molar-refractivity contribution in [3.05, 3.63) is 0 Å². The Hall–Kier alpha value is -1.59. The standard InChI is InChI=1S/C58H112O6/c1-6-8-9-10-11-12-13-14-15-16-17-18-22-28-33-38-43-48-56(59)62-51-55(64-58(61)50-45-40-35-30-25-24-27-32-37-42-47-54(5)7-2)52-63-57(60)49-44-39-34-29-23-20-19-21-26-31-36-41-46-53(3)4/h53-55H,6-52H2,1-5H3/t54?,55-/m1/s1. The molecule has 0 saturated carbocycles. The lowest BCUT2D eigenvalue weighted by Gasteiger charge is -2.18. The van der Waals surface area contributed by atoms with E-state index in [1.807, 2.05) is 0 Å². The molecule has 0 fully saturated rings. The third-order valence-electron chi connectivity index (χ3n) is 13.6. The summed E-state index contributed by atoms with van der Waals surface area (Å²) in [6.45, 7) is 11.4. The molecule has 0 heterocycles. The molecule has 0 aromatic carbocycles. The second-order valence-electron chi connectivity index (χ2n) is 20.6. The van der Waals surface area contributed by atoms with Crippen molar-refractivity contribution in [2.45, 2.75) is 330 Å². The molecule has 0 saturated heterocycles. The van der Waals surface area contributed by atoms with Crippen LogP contribution >= 0.6 is 0 Å². The molecule has 0 bridgehead atoms. The maximum atomic E-state index is 12.8. The van der Waals surface area contributed by atoms with E-state index in [0.29, 0.717) is 19.3 Å². The van der Waals surface area contributed by atoms with Crippen molar-refractivity contribution < 1.29 is 28.6 Å². The van der Waals surface area contributed by atoms with E-state index in [9.17, 15) is 14.4 Å². The number of hydrogen-bond donors (Lipinski definition) is 0. The van der Waals surface area contributed by atoms with Crippen molar-refractivity contribution in [1.29, 1.82) is 0 Å². The van der Waals surface area contributed by atoms with Crippen LogP contribution in [0.2, 0.25) is 0 Å². The van der Waals surface area contributed by atoms with Crippen molar-refractivity contribution in [2.75, 3.05) is 13.2 Å². The van der Waals surface area contributed by atoms with Gasteiger partial charge in [0.2, 0.25) is 0 Å². The van der Waals surface area contributed by atoms with Gasteiger partial charge in [0.25, 0.3) is 0 Å². The fraction of sp³-hybridized carbons (Fsp3) is 0.948. The molecule has 0 aliphatic rings. The van der Waals surface area contributed by atoms with Crippen molar-refractivity contribution in [2.24, 2.45) is 11.8 Å². The largest absolute Gasteiger partial charge is 0.462 e. The third kappa shape index (κ3) is 49.8. The normalized spacial score (nSPS) is 12.5. The van der Waals surface area contributed by atoms with E-state index in [2.05, 4.69) is 34.6 Å². The third-order valence-corrected chi connectivity index (χ3v) is 13.6. The summed E-state index contributed by atoms with van der Waals surface area (Å²) in [4.78, 5) is 38.1. The number of carbonyl (C=O) groups is 3. The molecule has 0 amide bonds. The summed E-state index contributed by atoms with van der Waals surface area (Å²) in [6.07, 6.45) is 53.7. The number of carbonyl (C=O) groups excluding carboxylic acids is 3. The van der Waals surface area contributed by atoms with Gasteiger partial charge in [0.1, 0.15) is 13.2 Å². The van der Waals surface area contributed by atoms with Gasteiger partial charge in [-0.15, -0.1) is 0 Å². The molecule has 6 heteroatoms. The monoisotopic (exact) mass is 905 g/mol. The summed E-state index contributed by atoms with van der Waals surface area (Å²) in [6, 6.07) is 0. The minimum atomic E-state index is -0.763. The molecule has 0 radical (unpaired) electrons. The number of rotatable bonds is 52. The van der Waals surface area contributed by atoms with Crippen LogP contribution in [0.15, 0.2) is 0 Å². The summed E-state index contributed by atoms with van der Waals surface area (Å²) in [5.74, 6) is 0.861. The molecule has 2 atom stereocenters. The van der Waals surface area contributed by atoms with E-state index < -0.39 is 6.10 Å². The highest BCUT2D eigenvalue weighted by Crippen LogP contribution is 2.18.